The second kappa shape index (κ2) is 7.30. The fourth-order valence-electron chi connectivity index (χ4n) is 2.48. The van der Waals surface area contributed by atoms with Gasteiger partial charge in [-0.3, -0.25) is 9.59 Å². The van der Waals surface area contributed by atoms with Crippen LogP contribution in [0.25, 0.3) is 0 Å². The van der Waals surface area contributed by atoms with E-state index in [2.05, 4.69) is 17.0 Å². The maximum absolute atomic E-state index is 11.6. The molecule has 1 unspecified atom stereocenters. The number of amides is 1. The summed E-state index contributed by atoms with van der Waals surface area (Å²) in [5.74, 6) is 0.637. The van der Waals surface area contributed by atoms with Crippen LogP contribution < -0.4 is 5.32 Å². The lowest BCUT2D eigenvalue weighted by atomic mass is 9.79. The van der Waals surface area contributed by atoms with Crippen LogP contribution in [0, 0.1) is 11.8 Å². The maximum atomic E-state index is 11.6. The van der Waals surface area contributed by atoms with Crippen molar-refractivity contribution in [3.8, 4) is 0 Å². The molecular formula is C13H23NO3. The summed E-state index contributed by atoms with van der Waals surface area (Å²) in [7, 11) is 1.32. The van der Waals surface area contributed by atoms with Gasteiger partial charge in [-0.05, 0) is 11.8 Å². The van der Waals surface area contributed by atoms with Crippen LogP contribution in [0.5, 0.6) is 0 Å². The van der Waals surface area contributed by atoms with Gasteiger partial charge in [0.1, 0.15) is 6.54 Å². The van der Waals surface area contributed by atoms with Gasteiger partial charge in [0.15, 0.2) is 0 Å². The zero-order chi connectivity index (χ0) is 12.7. The Balaban J connectivity index is 2.22. The molecular weight excluding hydrogens is 218 g/mol. The maximum Gasteiger partial charge on any atom is 0.325 e. The van der Waals surface area contributed by atoms with Gasteiger partial charge in [-0.25, -0.2) is 0 Å². The van der Waals surface area contributed by atoms with E-state index in [9.17, 15) is 9.59 Å². The smallest absolute Gasteiger partial charge is 0.325 e. The molecule has 4 nitrogen and oxygen atoms in total. The van der Waals surface area contributed by atoms with Crippen molar-refractivity contribution in [3.05, 3.63) is 0 Å². The second-order valence-electron chi connectivity index (χ2n) is 4.93. The molecule has 1 fully saturated rings. The second-order valence-corrected chi connectivity index (χ2v) is 4.93. The Morgan fingerprint density at radius 3 is 2.53 bits per heavy atom. The van der Waals surface area contributed by atoms with Crippen LogP contribution >= 0.6 is 0 Å². The first-order valence-corrected chi connectivity index (χ1v) is 6.47. The van der Waals surface area contributed by atoms with E-state index >= 15 is 0 Å². The molecule has 0 spiro atoms. The summed E-state index contributed by atoms with van der Waals surface area (Å²) >= 11 is 0. The number of ether oxygens (including phenoxy) is 1. The predicted molar refractivity (Wildman–Crippen MR) is 65.4 cm³/mol. The third-order valence-electron chi connectivity index (χ3n) is 3.62. The molecule has 0 heterocycles. The topological polar surface area (TPSA) is 55.4 Å². The molecule has 0 aromatic rings. The van der Waals surface area contributed by atoms with Crippen molar-refractivity contribution < 1.29 is 14.3 Å². The van der Waals surface area contributed by atoms with Crippen LogP contribution in [0.4, 0.5) is 0 Å². The van der Waals surface area contributed by atoms with Crippen LogP contribution in [0.1, 0.15) is 45.4 Å². The summed E-state index contributed by atoms with van der Waals surface area (Å²) in [6.07, 6.45) is 6.91. The minimum absolute atomic E-state index is 0.0211. The fraction of sp³-hybridized carbons (Fsp3) is 0.846. The highest BCUT2D eigenvalue weighted by Crippen LogP contribution is 2.31. The van der Waals surface area contributed by atoms with Crippen LogP contribution in [0.2, 0.25) is 0 Å². The number of carbonyl (C=O) groups excluding carboxylic acids is 2. The number of esters is 1. The molecule has 0 aliphatic heterocycles. The first-order valence-electron chi connectivity index (χ1n) is 6.47. The quantitative estimate of drug-likeness (QED) is 0.748. The molecule has 1 rings (SSSR count). The molecule has 0 aromatic heterocycles. The molecule has 17 heavy (non-hydrogen) atoms. The van der Waals surface area contributed by atoms with E-state index in [1.54, 1.807) is 0 Å². The molecule has 1 saturated carbocycles. The van der Waals surface area contributed by atoms with Crippen LogP contribution in [0.3, 0.4) is 0 Å². The zero-order valence-electron chi connectivity index (χ0n) is 10.8. The predicted octanol–water partition coefficient (Wildman–Crippen LogP) is 1.88. The summed E-state index contributed by atoms with van der Waals surface area (Å²) in [6, 6.07) is 0. The van der Waals surface area contributed by atoms with E-state index in [0.717, 1.165) is 0 Å². The summed E-state index contributed by atoms with van der Waals surface area (Å²) in [6.45, 7) is 2.11. The van der Waals surface area contributed by atoms with Crippen LogP contribution in [-0.4, -0.2) is 25.5 Å². The Morgan fingerprint density at radius 1 is 1.29 bits per heavy atom. The molecule has 0 bridgehead atoms. The van der Waals surface area contributed by atoms with Gasteiger partial charge in [0.05, 0.1) is 7.11 Å². The highest BCUT2D eigenvalue weighted by molar-refractivity contribution is 5.81. The molecule has 98 valence electrons. The number of hydrogen-bond acceptors (Lipinski definition) is 3. The van der Waals surface area contributed by atoms with Gasteiger partial charge in [0.2, 0.25) is 5.91 Å². The van der Waals surface area contributed by atoms with Crippen molar-refractivity contribution >= 4 is 11.9 Å². The Hall–Kier alpha value is -1.06. The zero-order valence-corrected chi connectivity index (χ0v) is 10.8. The summed E-state index contributed by atoms with van der Waals surface area (Å²) in [4.78, 5) is 22.5. The van der Waals surface area contributed by atoms with Crippen LogP contribution in [0.15, 0.2) is 0 Å². The fourth-order valence-corrected chi connectivity index (χ4v) is 2.48. The highest BCUT2D eigenvalue weighted by Gasteiger charge is 2.22. The van der Waals surface area contributed by atoms with Gasteiger partial charge in [-0.1, -0.05) is 39.0 Å². The van der Waals surface area contributed by atoms with E-state index in [1.807, 2.05) is 0 Å². The Kier molecular flexibility index (Phi) is 6.01. The average molecular weight is 241 g/mol. The summed E-state index contributed by atoms with van der Waals surface area (Å²) < 4.78 is 4.47. The third-order valence-corrected chi connectivity index (χ3v) is 3.62. The molecule has 1 N–H and O–H groups in total. The first-order chi connectivity index (χ1) is 8.13. The number of methoxy groups -OCH3 is 1. The summed E-state index contributed by atoms with van der Waals surface area (Å²) in [5.41, 5.74) is 0. The van der Waals surface area contributed by atoms with E-state index in [4.69, 9.17) is 0 Å². The minimum atomic E-state index is -0.399. The van der Waals surface area contributed by atoms with Gasteiger partial charge in [-0.2, -0.15) is 0 Å². The minimum Gasteiger partial charge on any atom is -0.468 e. The van der Waals surface area contributed by atoms with Crippen molar-refractivity contribution in [2.45, 2.75) is 45.4 Å². The van der Waals surface area contributed by atoms with Crippen LogP contribution in [-0.2, 0) is 14.3 Å². The van der Waals surface area contributed by atoms with Crippen molar-refractivity contribution in [1.29, 1.82) is 0 Å². The van der Waals surface area contributed by atoms with E-state index in [0.29, 0.717) is 18.3 Å². The Morgan fingerprint density at radius 2 is 1.94 bits per heavy atom. The number of hydrogen-bond donors (Lipinski definition) is 1. The van der Waals surface area contributed by atoms with E-state index < -0.39 is 5.97 Å². The largest absolute Gasteiger partial charge is 0.468 e. The number of rotatable bonds is 5. The molecule has 1 aliphatic carbocycles. The number of nitrogens with one attached hydrogen (secondary N) is 1. The average Bonchev–Trinajstić information content (AvgIpc) is 2.36. The third kappa shape index (κ3) is 5.20. The number of carbonyl (C=O) groups is 2. The molecule has 1 atom stereocenters. The van der Waals surface area contributed by atoms with Gasteiger partial charge in [0.25, 0.3) is 0 Å². The lowest BCUT2D eigenvalue weighted by Crippen LogP contribution is -2.32. The van der Waals surface area contributed by atoms with Gasteiger partial charge in [-0.15, -0.1) is 0 Å². The molecule has 0 aromatic carbocycles. The van der Waals surface area contributed by atoms with Crippen molar-refractivity contribution in [3.63, 3.8) is 0 Å². The lowest BCUT2D eigenvalue weighted by molar-refractivity contribution is -0.141. The lowest BCUT2D eigenvalue weighted by Gasteiger charge is -2.27. The van der Waals surface area contributed by atoms with E-state index in [-0.39, 0.29) is 12.5 Å². The molecule has 1 aliphatic rings. The normalized spacial score (nSPS) is 18.5. The van der Waals surface area contributed by atoms with Crippen molar-refractivity contribution in [2.75, 3.05) is 13.7 Å². The van der Waals surface area contributed by atoms with Crippen molar-refractivity contribution in [2.24, 2.45) is 11.8 Å². The van der Waals surface area contributed by atoms with Crippen molar-refractivity contribution in [1.82, 2.24) is 5.32 Å². The SMILES string of the molecule is COC(=O)CNC(=O)CC(C)C1CCCCC1. The molecule has 0 radical (unpaired) electrons. The van der Waals surface area contributed by atoms with E-state index in [1.165, 1.54) is 39.2 Å². The Labute approximate surface area is 103 Å². The standard InChI is InChI=1S/C13H23NO3/c1-10(11-6-4-3-5-7-11)8-12(15)14-9-13(16)17-2/h10-11H,3-9H2,1-2H3,(H,14,15). The first kappa shape index (κ1) is 14.0. The Bertz CT molecular complexity index is 259. The molecule has 4 heteroatoms. The van der Waals surface area contributed by atoms with Gasteiger partial charge >= 0.3 is 5.97 Å². The summed E-state index contributed by atoms with van der Waals surface area (Å²) in [5, 5.41) is 2.59. The van der Waals surface area contributed by atoms with Gasteiger partial charge in [0, 0.05) is 6.42 Å². The molecule has 1 amide bonds. The van der Waals surface area contributed by atoms with Gasteiger partial charge < -0.3 is 10.1 Å². The molecule has 0 saturated heterocycles. The monoisotopic (exact) mass is 241 g/mol. The highest BCUT2D eigenvalue weighted by atomic mass is 16.5.